The highest BCUT2D eigenvalue weighted by Gasteiger charge is 2.23. The molecule has 0 radical (unpaired) electrons. The van der Waals surface area contributed by atoms with Crippen LogP contribution in [-0.4, -0.2) is 60.0 Å². The number of aromatic nitrogens is 1. The predicted octanol–water partition coefficient (Wildman–Crippen LogP) is 2.29. The first-order chi connectivity index (χ1) is 11.2. The van der Waals surface area contributed by atoms with E-state index in [1.807, 2.05) is 47.5 Å². The molecule has 1 aliphatic rings. The molecule has 0 N–H and O–H groups in total. The molecule has 0 atom stereocenters. The largest absolute Gasteiger partial charge is 0.492 e. The maximum atomic E-state index is 12.3. The molecule has 1 amide bonds. The van der Waals surface area contributed by atoms with E-state index in [9.17, 15) is 4.79 Å². The molecule has 0 unspecified atom stereocenters. The number of benzene rings is 1. The van der Waals surface area contributed by atoms with Crippen molar-refractivity contribution in [2.24, 2.45) is 0 Å². The fourth-order valence-corrected chi connectivity index (χ4v) is 3.19. The van der Waals surface area contributed by atoms with Crippen molar-refractivity contribution in [2.45, 2.75) is 6.92 Å². The second-order valence-electron chi connectivity index (χ2n) is 5.55. The molecule has 1 saturated heterocycles. The average Bonchev–Trinajstić information content (AvgIpc) is 3.02. The summed E-state index contributed by atoms with van der Waals surface area (Å²) in [6.07, 6.45) is 0. The Morgan fingerprint density at radius 2 is 1.96 bits per heavy atom. The Morgan fingerprint density at radius 3 is 2.61 bits per heavy atom. The van der Waals surface area contributed by atoms with Crippen molar-refractivity contribution in [3.63, 3.8) is 0 Å². The van der Waals surface area contributed by atoms with Crippen molar-refractivity contribution in [1.29, 1.82) is 0 Å². The molecule has 2 heterocycles. The van der Waals surface area contributed by atoms with Gasteiger partial charge in [-0.05, 0) is 19.1 Å². The number of rotatable bonds is 5. The maximum Gasteiger partial charge on any atom is 0.273 e. The molecule has 0 saturated carbocycles. The molecule has 1 fully saturated rings. The number of carbonyl (C=O) groups is 1. The zero-order chi connectivity index (χ0) is 16.1. The standard InChI is InChI=1S/C17H21N3O2S/c1-14-18-16(13-23-14)17(21)20-9-7-19(8-10-20)11-12-22-15-5-3-2-4-6-15/h2-6,13H,7-12H2,1H3. The van der Waals surface area contributed by atoms with Crippen molar-refractivity contribution in [1.82, 2.24) is 14.8 Å². The zero-order valence-corrected chi connectivity index (χ0v) is 14.1. The summed E-state index contributed by atoms with van der Waals surface area (Å²) in [7, 11) is 0. The minimum absolute atomic E-state index is 0.0505. The van der Waals surface area contributed by atoms with Gasteiger partial charge in [0, 0.05) is 38.1 Å². The number of hydrogen-bond acceptors (Lipinski definition) is 5. The van der Waals surface area contributed by atoms with Crippen LogP contribution >= 0.6 is 11.3 Å². The van der Waals surface area contributed by atoms with Crippen molar-refractivity contribution in [3.8, 4) is 5.75 Å². The van der Waals surface area contributed by atoms with Crippen molar-refractivity contribution in [2.75, 3.05) is 39.3 Å². The topological polar surface area (TPSA) is 45.7 Å². The number of aryl methyl sites for hydroxylation is 1. The molecule has 5 nitrogen and oxygen atoms in total. The number of amides is 1. The van der Waals surface area contributed by atoms with Gasteiger partial charge >= 0.3 is 0 Å². The summed E-state index contributed by atoms with van der Waals surface area (Å²) in [5.41, 5.74) is 0.577. The summed E-state index contributed by atoms with van der Waals surface area (Å²) in [5.74, 6) is 0.953. The van der Waals surface area contributed by atoms with Crippen LogP contribution in [0.1, 0.15) is 15.5 Å². The molecule has 3 rings (SSSR count). The van der Waals surface area contributed by atoms with Crippen molar-refractivity contribution >= 4 is 17.2 Å². The van der Waals surface area contributed by atoms with Gasteiger partial charge in [-0.15, -0.1) is 11.3 Å². The summed E-state index contributed by atoms with van der Waals surface area (Å²) in [6.45, 7) is 6.74. The van der Waals surface area contributed by atoms with Gasteiger partial charge in [0.15, 0.2) is 0 Å². The first-order valence-corrected chi connectivity index (χ1v) is 8.72. The van der Waals surface area contributed by atoms with Crippen molar-refractivity contribution < 1.29 is 9.53 Å². The maximum absolute atomic E-state index is 12.3. The lowest BCUT2D eigenvalue weighted by molar-refractivity contribution is 0.0615. The number of hydrogen-bond donors (Lipinski definition) is 0. The Kier molecular flexibility index (Phi) is 5.25. The predicted molar refractivity (Wildman–Crippen MR) is 91.1 cm³/mol. The van der Waals surface area contributed by atoms with E-state index in [0.29, 0.717) is 12.3 Å². The Labute approximate surface area is 140 Å². The van der Waals surface area contributed by atoms with Gasteiger partial charge in [-0.25, -0.2) is 4.98 Å². The Hall–Kier alpha value is -1.92. The fourth-order valence-electron chi connectivity index (χ4n) is 2.61. The van der Waals surface area contributed by atoms with Crippen LogP contribution in [0.15, 0.2) is 35.7 Å². The van der Waals surface area contributed by atoms with Gasteiger partial charge in [0.1, 0.15) is 18.1 Å². The van der Waals surface area contributed by atoms with E-state index in [1.54, 1.807) is 0 Å². The lowest BCUT2D eigenvalue weighted by Gasteiger charge is -2.34. The number of piperazine rings is 1. The minimum atomic E-state index is 0.0505. The smallest absolute Gasteiger partial charge is 0.273 e. The van der Waals surface area contributed by atoms with Gasteiger partial charge in [0.25, 0.3) is 5.91 Å². The average molecular weight is 331 g/mol. The minimum Gasteiger partial charge on any atom is -0.492 e. The van der Waals surface area contributed by atoms with Gasteiger partial charge in [-0.2, -0.15) is 0 Å². The monoisotopic (exact) mass is 331 g/mol. The first-order valence-electron chi connectivity index (χ1n) is 7.84. The molecular weight excluding hydrogens is 310 g/mol. The van der Waals surface area contributed by atoms with Crippen LogP contribution in [0, 0.1) is 6.92 Å². The highest BCUT2D eigenvalue weighted by molar-refractivity contribution is 7.09. The van der Waals surface area contributed by atoms with E-state index in [4.69, 9.17) is 4.74 Å². The number of thiazole rings is 1. The summed E-state index contributed by atoms with van der Waals surface area (Å²) in [6, 6.07) is 9.85. The van der Waals surface area contributed by atoms with Crippen LogP contribution in [0.2, 0.25) is 0 Å². The normalized spacial score (nSPS) is 15.6. The second kappa shape index (κ2) is 7.57. The summed E-state index contributed by atoms with van der Waals surface area (Å²) >= 11 is 1.52. The molecule has 6 heteroatoms. The van der Waals surface area contributed by atoms with E-state index in [-0.39, 0.29) is 5.91 Å². The van der Waals surface area contributed by atoms with Gasteiger partial charge in [-0.1, -0.05) is 18.2 Å². The van der Waals surface area contributed by atoms with Crippen LogP contribution in [0.25, 0.3) is 0 Å². The molecule has 2 aromatic rings. The number of ether oxygens (including phenoxy) is 1. The molecule has 0 bridgehead atoms. The van der Waals surface area contributed by atoms with Gasteiger partial charge in [0.2, 0.25) is 0 Å². The Bertz CT molecular complexity index is 636. The number of para-hydroxylation sites is 1. The quantitative estimate of drug-likeness (QED) is 0.843. The SMILES string of the molecule is Cc1nc(C(=O)N2CCN(CCOc3ccccc3)CC2)cs1. The Balaban J connectivity index is 1.41. The summed E-state index contributed by atoms with van der Waals surface area (Å²) < 4.78 is 5.72. The number of carbonyl (C=O) groups excluding carboxylic acids is 1. The molecule has 122 valence electrons. The van der Waals surface area contributed by atoms with Gasteiger partial charge < -0.3 is 9.64 Å². The lowest BCUT2D eigenvalue weighted by Crippen LogP contribution is -2.49. The summed E-state index contributed by atoms with van der Waals surface area (Å²) in [5, 5.41) is 2.78. The zero-order valence-electron chi connectivity index (χ0n) is 13.3. The molecule has 1 aliphatic heterocycles. The van der Waals surface area contributed by atoms with E-state index in [0.717, 1.165) is 43.5 Å². The van der Waals surface area contributed by atoms with Gasteiger partial charge in [-0.3, -0.25) is 9.69 Å². The second-order valence-corrected chi connectivity index (χ2v) is 6.61. The molecule has 0 spiro atoms. The highest BCUT2D eigenvalue weighted by atomic mass is 32.1. The van der Waals surface area contributed by atoms with E-state index >= 15 is 0 Å². The fraction of sp³-hybridized carbons (Fsp3) is 0.412. The van der Waals surface area contributed by atoms with Crippen molar-refractivity contribution in [3.05, 3.63) is 46.4 Å². The third-order valence-electron chi connectivity index (χ3n) is 3.92. The lowest BCUT2D eigenvalue weighted by atomic mass is 10.3. The molecule has 1 aromatic heterocycles. The summed E-state index contributed by atoms with van der Waals surface area (Å²) in [4.78, 5) is 20.9. The van der Waals surface area contributed by atoms with Crippen LogP contribution in [-0.2, 0) is 0 Å². The van der Waals surface area contributed by atoms with Crippen LogP contribution in [0.4, 0.5) is 0 Å². The Morgan fingerprint density at radius 1 is 1.22 bits per heavy atom. The van der Waals surface area contributed by atoms with E-state index in [2.05, 4.69) is 9.88 Å². The third kappa shape index (κ3) is 4.30. The molecule has 1 aromatic carbocycles. The molecular formula is C17H21N3O2S. The first kappa shape index (κ1) is 16.0. The third-order valence-corrected chi connectivity index (χ3v) is 4.69. The van der Waals surface area contributed by atoms with Crippen LogP contribution in [0.3, 0.4) is 0 Å². The van der Waals surface area contributed by atoms with Crippen LogP contribution in [0.5, 0.6) is 5.75 Å². The van der Waals surface area contributed by atoms with E-state index < -0.39 is 0 Å². The van der Waals surface area contributed by atoms with Crippen LogP contribution < -0.4 is 4.74 Å². The number of nitrogens with zero attached hydrogens (tertiary/aromatic N) is 3. The van der Waals surface area contributed by atoms with Gasteiger partial charge in [0.05, 0.1) is 5.01 Å². The highest BCUT2D eigenvalue weighted by Crippen LogP contribution is 2.13. The van der Waals surface area contributed by atoms with E-state index in [1.165, 1.54) is 11.3 Å². The molecule has 0 aliphatic carbocycles. The molecule has 23 heavy (non-hydrogen) atoms.